The molecule has 10 heteroatoms. The van der Waals surface area contributed by atoms with Crippen molar-refractivity contribution < 1.29 is 19.4 Å². The molecule has 0 saturated heterocycles. The van der Waals surface area contributed by atoms with Crippen molar-refractivity contribution in [3.05, 3.63) is 16.4 Å². The topological polar surface area (TPSA) is 110 Å². The standard InChI is InChI=1S/C15H26BrN5O4/c1-15(2,3)25-14(24)19-8-7-17-12-20(4)11(16)10-21(12)9-5-6-18-13(22)23/h10,18H,5-9H2,1-4H3,(H,19,24)(H,22,23). The molecule has 1 aromatic heterocycles. The maximum atomic E-state index is 11.6. The number of nitrogens with one attached hydrogen (secondary N) is 2. The molecule has 0 unspecified atom stereocenters. The molecule has 0 aliphatic heterocycles. The molecule has 1 heterocycles. The molecule has 1 aromatic rings. The first-order valence-corrected chi connectivity index (χ1v) is 8.75. The number of amides is 2. The summed E-state index contributed by atoms with van der Waals surface area (Å²) in [5.74, 6) is 0. The van der Waals surface area contributed by atoms with Crippen LogP contribution >= 0.6 is 15.9 Å². The molecule has 0 spiro atoms. The lowest BCUT2D eigenvalue weighted by Gasteiger charge is -2.19. The van der Waals surface area contributed by atoms with Crippen LogP contribution in [0.2, 0.25) is 0 Å². The average molecular weight is 420 g/mol. The van der Waals surface area contributed by atoms with Gasteiger partial charge in [0.15, 0.2) is 0 Å². The van der Waals surface area contributed by atoms with Gasteiger partial charge in [0.2, 0.25) is 5.62 Å². The van der Waals surface area contributed by atoms with Crippen LogP contribution in [0.3, 0.4) is 0 Å². The lowest BCUT2D eigenvalue weighted by Crippen LogP contribution is -2.34. The fourth-order valence-corrected chi connectivity index (χ4v) is 2.40. The van der Waals surface area contributed by atoms with Crippen LogP contribution in [-0.4, -0.2) is 51.7 Å². The van der Waals surface area contributed by atoms with E-state index in [0.29, 0.717) is 32.6 Å². The first-order chi connectivity index (χ1) is 11.6. The van der Waals surface area contributed by atoms with Gasteiger partial charge < -0.3 is 29.6 Å². The van der Waals surface area contributed by atoms with Crippen LogP contribution in [0.15, 0.2) is 15.8 Å². The summed E-state index contributed by atoms with van der Waals surface area (Å²) >= 11 is 3.45. The maximum Gasteiger partial charge on any atom is 0.407 e. The largest absolute Gasteiger partial charge is 0.465 e. The van der Waals surface area contributed by atoms with E-state index < -0.39 is 17.8 Å². The Kier molecular flexibility index (Phi) is 8.01. The van der Waals surface area contributed by atoms with Crippen molar-refractivity contribution in [2.24, 2.45) is 12.0 Å². The quantitative estimate of drug-likeness (QED) is 0.583. The summed E-state index contributed by atoms with van der Waals surface area (Å²) < 4.78 is 9.83. The molecule has 0 atom stereocenters. The summed E-state index contributed by atoms with van der Waals surface area (Å²) in [7, 11) is 1.87. The molecule has 0 saturated carbocycles. The van der Waals surface area contributed by atoms with Crippen LogP contribution in [0, 0.1) is 0 Å². The highest BCUT2D eigenvalue weighted by atomic mass is 79.9. The SMILES string of the molecule is Cn1c(Br)cn(CCCNC(=O)O)c1=NCCNC(=O)OC(C)(C)C. The Balaban J connectivity index is 2.59. The van der Waals surface area contributed by atoms with Crippen molar-refractivity contribution in [2.75, 3.05) is 19.6 Å². The Morgan fingerprint density at radius 1 is 1.32 bits per heavy atom. The van der Waals surface area contributed by atoms with E-state index in [-0.39, 0.29) is 0 Å². The second-order valence-electron chi connectivity index (χ2n) is 6.40. The molecule has 0 aromatic carbocycles. The van der Waals surface area contributed by atoms with Crippen LogP contribution in [-0.2, 0) is 18.3 Å². The number of carbonyl (C=O) groups is 2. The fraction of sp³-hybridized carbons (Fsp3) is 0.667. The summed E-state index contributed by atoms with van der Waals surface area (Å²) in [5, 5.41) is 13.6. The molecule has 2 amide bonds. The van der Waals surface area contributed by atoms with E-state index in [0.717, 1.165) is 10.2 Å². The van der Waals surface area contributed by atoms with Crippen LogP contribution < -0.4 is 16.3 Å². The van der Waals surface area contributed by atoms with E-state index in [4.69, 9.17) is 9.84 Å². The highest BCUT2D eigenvalue weighted by molar-refractivity contribution is 9.10. The van der Waals surface area contributed by atoms with Gasteiger partial charge in [0.05, 0.1) is 6.54 Å². The molecular formula is C15H26BrN5O4. The van der Waals surface area contributed by atoms with Crippen LogP contribution in [0.1, 0.15) is 27.2 Å². The van der Waals surface area contributed by atoms with Gasteiger partial charge in [0.25, 0.3) is 0 Å². The van der Waals surface area contributed by atoms with Crippen molar-refractivity contribution >= 4 is 28.1 Å². The highest BCUT2D eigenvalue weighted by Crippen LogP contribution is 2.06. The summed E-state index contributed by atoms with van der Waals surface area (Å²) in [6.07, 6.45) is 1.04. The molecule has 3 N–H and O–H groups in total. The number of imidazole rings is 1. The van der Waals surface area contributed by atoms with E-state index in [2.05, 4.69) is 31.6 Å². The number of rotatable bonds is 7. The third-order valence-electron chi connectivity index (χ3n) is 3.02. The number of hydrogen-bond donors (Lipinski definition) is 3. The minimum atomic E-state index is -1.03. The minimum absolute atomic E-state index is 0.359. The predicted molar refractivity (Wildman–Crippen MR) is 96.4 cm³/mol. The van der Waals surface area contributed by atoms with Crippen molar-refractivity contribution in [1.29, 1.82) is 0 Å². The van der Waals surface area contributed by atoms with Crippen LogP contribution in [0.4, 0.5) is 9.59 Å². The van der Waals surface area contributed by atoms with Gasteiger partial charge in [-0.3, -0.25) is 4.99 Å². The monoisotopic (exact) mass is 419 g/mol. The lowest BCUT2D eigenvalue weighted by molar-refractivity contribution is 0.0529. The van der Waals surface area contributed by atoms with Gasteiger partial charge in [-0.25, -0.2) is 9.59 Å². The maximum absolute atomic E-state index is 11.6. The number of hydrogen-bond acceptors (Lipinski definition) is 4. The van der Waals surface area contributed by atoms with Crippen LogP contribution in [0.25, 0.3) is 0 Å². The lowest BCUT2D eigenvalue weighted by atomic mass is 10.2. The Morgan fingerprint density at radius 3 is 2.60 bits per heavy atom. The Morgan fingerprint density at radius 2 is 2.00 bits per heavy atom. The molecule has 142 valence electrons. The van der Waals surface area contributed by atoms with E-state index in [1.807, 2.05) is 22.4 Å². The normalized spacial score (nSPS) is 12.1. The van der Waals surface area contributed by atoms with Crippen molar-refractivity contribution in [2.45, 2.75) is 39.3 Å². The number of aryl methyl sites for hydroxylation is 1. The van der Waals surface area contributed by atoms with E-state index in [9.17, 15) is 9.59 Å². The van der Waals surface area contributed by atoms with Crippen LogP contribution in [0.5, 0.6) is 0 Å². The zero-order valence-electron chi connectivity index (χ0n) is 15.0. The summed E-state index contributed by atoms with van der Waals surface area (Å²) in [4.78, 5) is 26.5. The van der Waals surface area contributed by atoms with Gasteiger partial charge in [-0.1, -0.05) is 0 Å². The van der Waals surface area contributed by atoms with Gasteiger partial charge >= 0.3 is 12.2 Å². The Hall–Kier alpha value is -1.97. The van der Waals surface area contributed by atoms with E-state index >= 15 is 0 Å². The number of halogens is 1. The number of alkyl carbamates (subject to hydrolysis) is 1. The molecule has 0 bridgehead atoms. The smallest absolute Gasteiger partial charge is 0.407 e. The molecule has 0 fully saturated rings. The molecule has 1 rings (SSSR count). The number of carboxylic acid groups (broad SMARTS) is 1. The van der Waals surface area contributed by atoms with Crippen molar-refractivity contribution in [3.63, 3.8) is 0 Å². The first kappa shape index (κ1) is 21.1. The summed E-state index contributed by atoms with van der Waals surface area (Å²) in [6.45, 7) is 7.17. The van der Waals surface area contributed by atoms with Gasteiger partial charge in [-0.05, 0) is 43.1 Å². The average Bonchev–Trinajstić information content (AvgIpc) is 2.73. The van der Waals surface area contributed by atoms with Gasteiger partial charge in [0.1, 0.15) is 10.2 Å². The first-order valence-electron chi connectivity index (χ1n) is 7.96. The van der Waals surface area contributed by atoms with E-state index in [1.54, 1.807) is 20.8 Å². The molecule has 0 aliphatic carbocycles. The van der Waals surface area contributed by atoms with Crippen molar-refractivity contribution in [1.82, 2.24) is 19.8 Å². The van der Waals surface area contributed by atoms with Gasteiger partial charge in [-0.15, -0.1) is 0 Å². The number of nitrogens with zero attached hydrogens (tertiary/aromatic N) is 3. The third kappa shape index (κ3) is 8.10. The molecule has 0 radical (unpaired) electrons. The van der Waals surface area contributed by atoms with Crippen molar-refractivity contribution in [3.8, 4) is 0 Å². The fourth-order valence-electron chi connectivity index (χ4n) is 2.00. The Labute approximate surface area is 155 Å². The Bertz CT molecular complexity index is 660. The highest BCUT2D eigenvalue weighted by Gasteiger charge is 2.15. The molecule has 25 heavy (non-hydrogen) atoms. The van der Waals surface area contributed by atoms with E-state index in [1.165, 1.54) is 0 Å². The second-order valence-corrected chi connectivity index (χ2v) is 7.21. The molecule has 0 aliphatic rings. The number of carbonyl (C=O) groups excluding carboxylic acids is 1. The molecule has 9 nitrogen and oxygen atoms in total. The summed E-state index contributed by atoms with van der Waals surface area (Å²) in [5.41, 5.74) is 0.199. The van der Waals surface area contributed by atoms with Gasteiger partial charge in [-0.2, -0.15) is 0 Å². The van der Waals surface area contributed by atoms with Gasteiger partial charge in [0, 0.05) is 32.9 Å². The number of ether oxygens (including phenoxy) is 1. The summed E-state index contributed by atoms with van der Waals surface area (Å²) in [6, 6.07) is 0. The molecular weight excluding hydrogens is 394 g/mol. The number of aromatic nitrogens is 2. The second kappa shape index (κ2) is 9.50. The predicted octanol–water partition coefficient (Wildman–Crippen LogP) is 1.67. The zero-order valence-corrected chi connectivity index (χ0v) is 16.6. The zero-order chi connectivity index (χ0) is 19.0. The minimum Gasteiger partial charge on any atom is -0.465 e. The third-order valence-corrected chi connectivity index (χ3v) is 3.76.